The highest BCUT2D eigenvalue weighted by Gasteiger charge is 2.27. The van der Waals surface area contributed by atoms with Gasteiger partial charge < -0.3 is 14.4 Å². The molecule has 0 fully saturated rings. The number of likely N-dealkylation sites (N-methyl/N-ethyl adjacent to an activating group) is 1. The van der Waals surface area contributed by atoms with Gasteiger partial charge in [-0.1, -0.05) is 12.1 Å². The number of aromatic nitrogens is 4. The average Bonchev–Trinajstić information content (AvgIpc) is 3.11. The lowest BCUT2D eigenvalue weighted by Gasteiger charge is -2.30. The molecule has 4 rings (SSSR count). The van der Waals surface area contributed by atoms with Crippen LogP contribution in [0.2, 0.25) is 0 Å². The molecule has 2 aromatic heterocycles. The lowest BCUT2D eigenvalue weighted by molar-refractivity contribution is 0.0467. The summed E-state index contributed by atoms with van der Waals surface area (Å²) in [7, 11) is 0. The Hall–Kier alpha value is -3.16. The average molecular weight is 353 g/mol. The van der Waals surface area contributed by atoms with Gasteiger partial charge in [-0.25, -0.2) is 9.50 Å². The molecule has 1 unspecified atom stereocenters. The molecule has 3 heterocycles. The van der Waals surface area contributed by atoms with Crippen LogP contribution in [0.15, 0.2) is 36.5 Å². The predicted octanol–water partition coefficient (Wildman–Crippen LogP) is 1.73. The number of benzene rings is 1. The molecule has 0 radical (unpaired) electrons. The Bertz CT molecular complexity index is 955. The van der Waals surface area contributed by atoms with E-state index in [0.717, 1.165) is 11.4 Å². The van der Waals surface area contributed by atoms with Crippen LogP contribution in [0.25, 0.3) is 5.78 Å². The van der Waals surface area contributed by atoms with E-state index >= 15 is 0 Å². The second kappa shape index (κ2) is 6.62. The highest BCUT2D eigenvalue weighted by atomic mass is 16.6. The molecule has 134 valence electrons. The van der Waals surface area contributed by atoms with Crippen LogP contribution in [-0.4, -0.2) is 56.2 Å². The van der Waals surface area contributed by atoms with Gasteiger partial charge >= 0.3 is 0 Å². The molecule has 1 amide bonds. The number of hydrogen-bond donors (Lipinski definition) is 0. The van der Waals surface area contributed by atoms with Gasteiger partial charge in [-0.2, -0.15) is 4.98 Å². The molecule has 1 aromatic carbocycles. The number of carbonyl (C=O) groups is 1. The predicted molar refractivity (Wildman–Crippen MR) is 93.4 cm³/mol. The monoisotopic (exact) mass is 353 g/mol. The van der Waals surface area contributed by atoms with Crippen LogP contribution in [0.1, 0.15) is 23.2 Å². The highest BCUT2D eigenvalue weighted by molar-refractivity contribution is 5.90. The smallest absolute Gasteiger partial charge is 0.293 e. The van der Waals surface area contributed by atoms with E-state index in [1.165, 1.54) is 0 Å². The molecule has 1 aliphatic rings. The Labute approximate surface area is 150 Å². The first-order valence-electron chi connectivity index (χ1n) is 8.52. The molecule has 0 bridgehead atoms. The molecule has 3 aromatic rings. The quantitative estimate of drug-likeness (QED) is 0.710. The summed E-state index contributed by atoms with van der Waals surface area (Å²) < 4.78 is 13.2. The minimum absolute atomic E-state index is 0.130. The van der Waals surface area contributed by atoms with Gasteiger partial charge in [0.15, 0.2) is 17.6 Å². The first kappa shape index (κ1) is 16.3. The van der Waals surface area contributed by atoms with Crippen molar-refractivity contribution >= 4 is 11.7 Å². The number of para-hydroxylation sites is 2. The Morgan fingerprint density at radius 1 is 1.31 bits per heavy atom. The van der Waals surface area contributed by atoms with E-state index in [-0.39, 0.29) is 17.8 Å². The Kier molecular flexibility index (Phi) is 4.16. The summed E-state index contributed by atoms with van der Waals surface area (Å²) in [6.07, 6.45) is 1.40. The molecular weight excluding hydrogens is 334 g/mol. The fraction of sp³-hybridized carbons (Fsp3) is 0.333. The van der Waals surface area contributed by atoms with Gasteiger partial charge in [-0.3, -0.25) is 4.79 Å². The lowest BCUT2D eigenvalue weighted by Crippen LogP contribution is -2.43. The van der Waals surface area contributed by atoms with E-state index in [0.29, 0.717) is 31.2 Å². The standard InChI is InChI=1S/C18H19N5O3/c1-3-22(10-13-11-25-14-6-4-5-7-15(14)26-13)17(24)16-20-18-19-9-8-12(2)23(18)21-16/h4-9,13H,3,10-11H2,1-2H3. The molecule has 0 saturated carbocycles. The van der Waals surface area contributed by atoms with E-state index in [9.17, 15) is 4.79 Å². The molecule has 1 aliphatic heterocycles. The third-order valence-corrected chi connectivity index (χ3v) is 4.28. The zero-order chi connectivity index (χ0) is 18.1. The van der Waals surface area contributed by atoms with E-state index < -0.39 is 0 Å². The zero-order valence-corrected chi connectivity index (χ0v) is 14.6. The second-order valence-corrected chi connectivity index (χ2v) is 6.07. The van der Waals surface area contributed by atoms with Crippen LogP contribution < -0.4 is 9.47 Å². The van der Waals surface area contributed by atoms with Crippen molar-refractivity contribution in [3.05, 3.63) is 48.0 Å². The van der Waals surface area contributed by atoms with Gasteiger partial charge in [-0.05, 0) is 32.0 Å². The molecule has 0 spiro atoms. The van der Waals surface area contributed by atoms with Gasteiger partial charge in [0.05, 0.1) is 6.54 Å². The Morgan fingerprint density at radius 2 is 2.12 bits per heavy atom. The van der Waals surface area contributed by atoms with Gasteiger partial charge in [0.2, 0.25) is 5.82 Å². The van der Waals surface area contributed by atoms with Crippen molar-refractivity contribution in [2.75, 3.05) is 19.7 Å². The number of hydrogen-bond acceptors (Lipinski definition) is 6. The fourth-order valence-electron chi connectivity index (χ4n) is 2.89. The van der Waals surface area contributed by atoms with Crippen molar-refractivity contribution in [3.63, 3.8) is 0 Å². The Morgan fingerprint density at radius 3 is 2.88 bits per heavy atom. The molecule has 0 aliphatic carbocycles. The maximum atomic E-state index is 12.8. The maximum Gasteiger partial charge on any atom is 0.293 e. The molecular formula is C18H19N5O3. The number of amides is 1. The molecule has 1 atom stereocenters. The third-order valence-electron chi connectivity index (χ3n) is 4.28. The summed E-state index contributed by atoms with van der Waals surface area (Å²) in [6, 6.07) is 9.33. The summed E-state index contributed by atoms with van der Waals surface area (Å²) in [6.45, 7) is 5.10. The van der Waals surface area contributed by atoms with Gasteiger partial charge in [0.25, 0.3) is 11.7 Å². The largest absolute Gasteiger partial charge is 0.486 e. The normalized spacial score (nSPS) is 15.8. The van der Waals surface area contributed by atoms with Crippen molar-refractivity contribution in [1.82, 2.24) is 24.5 Å². The van der Waals surface area contributed by atoms with Crippen LogP contribution >= 0.6 is 0 Å². The number of carbonyl (C=O) groups excluding carboxylic acids is 1. The van der Waals surface area contributed by atoms with Crippen LogP contribution in [-0.2, 0) is 0 Å². The lowest BCUT2D eigenvalue weighted by atomic mass is 10.2. The molecule has 8 nitrogen and oxygen atoms in total. The maximum absolute atomic E-state index is 12.8. The van der Waals surface area contributed by atoms with Gasteiger partial charge in [0, 0.05) is 18.4 Å². The number of ether oxygens (including phenoxy) is 2. The van der Waals surface area contributed by atoms with E-state index in [2.05, 4.69) is 15.1 Å². The summed E-state index contributed by atoms with van der Waals surface area (Å²) in [4.78, 5) is 22.9. The van der Waals surface area contributed by atoms with E-state index in [1.807, 2.05) is 44.2 Å². The summed E-state index contributed by atoms with van der Waals surface area (Å²) in [5, 5.41) is 4.29. The third kappa shape index (κ3) is 2.94. The number of aryl methyl sites for hydroxylation is 1. The summed E-state index contributed by atoms with van der Waals surface area (Å²) >= 11 is 0. The molecule has 8 heteroatoms. The Balaban J connectivity index is 1.51. The van der Waals surface area contributed by atoms with E-state index in [4.69, 9.17) is 9.47 Å². The minimum atomic E-state index is -0.250. The van der Waals surface area contributed by atoms with Crippen LogP contribution in [0.4, 0.5) is 0 Å². The fourth-order valence-corrected chi connectivity index (χ4v) is 2.89. The van der Waals surface area contributed by atoms with Gasteiger partial charge in [0.1, 0.15) is 6.61 Å². The van der Waals surface area contributed by atoms with Crippen molar-refractivity contribution in [2.45, 2.75) is 20.0 Å². The molecule has 0 saturated heterocycles. The van der Waals surface area contributed by atoms with E-state index in [1.54, 1.807) is 15.6 Å². The number of rotatable bonds is 4. The highest BCUT2D eigenvalue weighted by Crippen LogP contribution is 2.31. The zero-order valence-electron chi connectivity index (χ0n) is 14.6. The van der Waals surface area contributed by atoms with Crippen molar-refractivity contribution in [2.24, 2.45) is 0 Å². The summed E-state index contributed by atoms with van der Waals surface area (Å²) in [5.74, 6) is 1.71. The first-order chi connectivity index (χ1) is 12.7. The summed E-state index contributed by atoms with van der Waals surface area (Å²) in [5.41, 5.74) is 0.866. The molecule has 0 N–H and O–H groups in total. The van der Waals surface area contributed by atoms with Crippen LogP contribution in [0.3, 0.4) is 0 Å². The number of nitrogens with zero attached hydrogens (tertiary/aromatic N) is 5. The van der Waals surface area contributed by atoms with Crippen molar-refractivity contribution in [1.29, 1.82) is 0 Å². The van der Waals surface area contributed by atoms with Crippen LogP contribution in [0, 0.1) is 6.92 Å². The van der Waals surface area contributed by atoms with Crippen molar-refractivity contribution in [3.8, 4) is 11.5 Å². The van der Waals surface area contributed by atoms with Crippen LogP contribution in [0.5, 0.6) is 11.5 Å². The topological polar surface area (TPSA) is 81.9 Å². The minimum Gasteiger partial charge on any atom is -0.486 e. The van der Waals surface area contributed by atoms with Gasteiger partial charge in [-0.15, -0.1) is 5.10 Å². The molecule has 26 heavy (non-hydrogen) atoms. The van der Waals surface area contributed by atoms with Crippen molar-refractivity contribution < 1.29 is 14.3 Å². The number of fused-ring (bicyclic) bond motifs is 2. The second-order valence-electron chi connectivity index (χ2n) is 6.07. The first-order valence-corrected chi connectivity index (χ1v) is 8.52. The SMILES string of the molecule is CCN(CC1COc2ccccc2O1)C(=O)c1nc2nccc(C)n2n1.